The highest BCUT2D eigenvalue weighted by molar-refractivity contribution is 7.16. The lowest BCUT2D eigenvalue weighted by Crippen LogP contribution is -2.30. The van der Waals surface area contributed by atoms with E-state index < -0.39 is 12.0 Å². The Kier molecular flexibility index (Phi) is 6.03. The summed E-state index contributed by atoms with van der Waals surface area (Å²) in [5.74, 6) is 0.103. The standard InChI is InChI=1S/C18H22N2O4S/c1-5-12-11(3)25-18(15(12)16(19)21)20-17(22)10(2)24-14-9-7-6-8-13(14)23-4/h6-10H,5H2,1-4H3,(H2,19,21)(H,20,22). The molecule has 2 rings (SSSR count). The first-order valence-electron chi connectivity index (χ1n) is 7.91. The van der Waals surface area contributed by atoms with Crippen molar-refractivity contribution in [3.8, 4) is 11.5 Å². The monoisotopic (exact) mass is 362 g/mol. The molecule has 0 saturated heterocycles. The number of methoxy groups -OCH3 is 1. The Bertz CT molecular complexity index is 785. The number of ether oxygens (including phenoxy) is 2. The van der Waals surface area contributed by atoms with Crippen LogP contribution in [0.5, 0.6) is 11.5 Å². The highest BCUT2D eigenvalue weighted by Crippen LogP contribution is 2.33. The number of aryl methyl sites for hydroxylation is 1. The number of nitrogens with one attached hydrogen (secondary N) is 1. The van der Waals surface area contributed by atoms with Gasteiger partial charge in [-0.05, 0) is 38.0 Å². The largest absolute Gasteiger partial charge is 0.493 e. The van der Waals surface area contributed by atoms with Crippen molar-refractivity contribution in [1.29, 1.82) is 0 Å². The minimum Gasteiger partial charge on any atom is -0.493 e. The summed E-state index contributed by atoms with van der Waals surface area (Å²) in [6.07, 6.45) is -0.103. The van der Waals surface area contributed by atoms with Gasteiger partial charge in [0.25, 0.3) is 11.8 Å². The van der Waals surface area contributed by atoms with Crippen LogP contribution >= 0.6 is 11.3 Å². The van der Waals surface area contributed by atoms with Crippen molar-refractivity contribution in [2.75, 3.05) is 12.4 Å². The highest BCUT2D eigenvalue weighted by atomic mass is 32.1. The van der Waals surface area contributed by atoms with Gasteiger partial charge in [-0.1, -0.05) is 19.1 Å². The molecule has 2 aromatic rings. The van der Waals surface area contributed by atoms with Crippen LogP contribution in [0.2, 0.25) is 0 Å². The zero-order valence-electron chi connectivity index (χ0n) is 14.7. The summed E-state index contributed by atoms with van der Waals surface area (Å²) < 4.78 is 10.9. The maximum Gasteiger partial charge on any atom is 0.265 e. The molecule has 25 heavy (non-hydrogen) atoms. The van der Waals surface area contributed by atoms with Gasteiger partial charge in [-0.15, -0.1) is 11.3 Å². The van der Waals surface area contributed by atoms with Gasteiger partial charge < -0.3 is 20.5 Å². The van der Waals surface area contributed by atoms with E-state index in [1.165, 1.54) is 18.4 Å². The van der Waals surface area contributed by atoms with Crippen molar-refractivity contribution in [2.24, 2.45) is 5.73 Å². The maximum atomic E-state index is 12.5. The normalized spacial score (nSPS) is 11.7. The number of benzene rings is 1. The molecule has 1 heterocycles. The minimum atomic E-state index is -0.774. The molecule has 134 valence electrons. The van der Waals surface area contributed by atoms with Gasteiger partial charge in [0.15, 0.2) is 17.6 Å². The van der Waals surface area contributed by atoms with Crippen molar-refractivity contribution in [3.63, 3.8) is 0 Å². The smallest absolute Gasteiger partial charge is 0.265 e. The van der Waals surface area contributed by atoms with Crippen molar-refractivity contribution in [2.45, 2.75) is 33.3 Å². The van der Waals surface area contributed by atoms with Crippen molar-refractivity contribution < 1.29 is 19.1 Å². The van der Waals surface area contributed by atoms with Crippen molar-refractivity contribution >= 4 is 28.2 Å². The second-order valence-corrected chi connectivity index (χ2v) is 6.68. The van der Waals surface area contributed by atoms with Crippen LogP contribution < -0.4 is 20.5 Å². The second kappa shape index (κ2) is 8.02. The molecular weight excluding hydrogens is 340 g/mol. The lowest BCUT2D eigenvalue weighted by atomic mass is 10.1. The van der Waals surface area contributed by atoms with E-state index in [9.17, 15) is 9.59 Å². The van der Waals surface area contributed by atoms with E-state index >= 15 is 0 Å². The Balaban J connectivity index is 2.18. The molecule has 2 amide bonds. The molecule has 0 fully saturated rings. The van der Waals surface area contributed by atoms with Crippen LogP contribution in [0, 0.1) is 6.92 Å². The van der Waals surface area contributed by atoms with Gasteiger partial charge in [0.05, 0.1) is 12.7 Å². The number of amides is 2. The molecule has 0 radical (unpaired) electrons. The molecule has 0 spiro atoms. The number of anilines is 1. The zero-order chi connectivity index (χ0) is 18.6. The molecule has 0 saturated carbocycles. The van der Waals surface area contributed by atoms with Gasteiger partial charge >= 0.3 is 0 Å². The van der Waals surface area contributed by atoms with Gasteiger partial charge in [0.1, 0.15) is 5.00 Å². The Labute approximate surface area is 150 Å². The van der Waals surface area contributed by atoms with E-state index in [1.807, 2.05) is 19.9 Å². The molecule has 1 aromatic carbocycles. The van der Waals surface area contributed by atoms with Gasteiger partial charge in [-0.25, -0.2) is 0 Å². The number of thiophene rings is 1. The van der Waals surface area contributed by atoms with Crippen molar-refractivity contribution in [1.82, 2.24) is 0 Å². The van der Waals surface area contributed by atoms with Gasteiger partial charge in [0.2, 0.25) is 0 Å². The molecule has 0 aliphatic rings. The van der Waals surface area contributed by atoms with E-state index in [0.717, 1.165) is 10.4 Å². The third-order valence-corrected chi connectivity index (χ3v) is 4.85. The number of hydrogen-bond acceptors (Lipinski definition) is 5. The zero-order valence-corrected chi connectivity index (χ0v) is 15.5. The number of carbonyl (C=O) groups excluding carboxylic acids is 2. The van der Waals surface area contributed by atoms with E-state index in [1.54, 1.807) is 25.1 Å². The third-order valence-electron chi connectivity index (χ3n) is 3.79. The number of primary amides is 1. The topological polar surface area (TPSA) is 90.7 Å². The minimum absolute atomic E-state index is 0.364. The van der Waals surface area contributed by atoms with Crippen molar-refractivity contribution in [3.05, 3.63) is 40.3 Å². The van der Waals surface area contributed by atoms with Gasteiger partial charge in [-0.3, -0.25) is 9.59 Å². The van der Waals surface area contributed by atoms with Crippen LogP contribution in [0.15, 0.2) is 24.3 Å². The average molecular weight is 362 g/mol. The Hall–Kier alpha value is -2.54. The Morgan fingerprint density at radius 3 is 2.48 bits per heavy atom. The fourth-order valence-corrected chi connectivity index (χ4v) is 3.68. The van der Waals surface area contributed by atoms with Gasteiger partial charge in [-0.2, -0.15) is 0 Å². The lowest BCUT2D eigenvalue weighted by molar-refractivity contribution is -0.122. The summed E-state index contributed by atoms with van der Waals surface area (Å²) in [7, 11) is 1.53. The first kappa shape index (κ1) is 18.8. The number of nitrogens with two attached hydrogens (primary N) is 1. The fourth-order valence-electron chi connectivity index (χ4n) is 2.53. The summed E-state index contributed by atoms with van der Waals surface area (Å²) in [6.45, 7) is 5.48. The summed E-state index contributed by atoms with van der Waals surface area (Å²) in [5, 5.41) is 3.22. The maximum absolute atomic E-state index is 12.5. The first-order valence-corrected chi connectivity index (χ1v) is 8.73. The average Bonchev–Trinajstić information content (AvgIpc) is 2.90. The molecule has 7 heteroatoms. The molecule has 1 unspecified atom stereocenters. The predicted octanol–water partition coefficient (Wildman–Crippen LogP) is 3.13. The van der Waals surface area contributed by atoms with E-state index in [2.05, 4.69) is 5.32 Å². The molecule has 1 aromatic heterocycles. The number of carbonyl (C=O) groups is 2. The van der Waals surface area contributed by atoms with Gasteiger partial charge in [0, 0.05) is 4.88 Å². The predicted molar refractivity (Wildman–Crippen MR) is 98.7 cm³/mol. The highest BCUT2D eigenvalue weighted by Gasteiger charge is 2.23. The van der Waals surface area contributed by atoms with E-state index in [4.69, 9.17) is 15.2 Å². The quantitative estimate of drug-likeness (QED) is 0.792. The van der Waals surface area contributed by atoms with Crippen LogP contribution in [0.25, 0.3) is 0 Å². The Morgan fingerprint density at radius 1 is 1.28 bits per heavy atom. The number of hydrogen-bond donors (Lipinski definition) is 2. The molecule has 0 bridgehead atoms. The molecule has 6 nitrogen and oxygen atoms in total. The summed E-state index contributed by atoms with van der Waals surface area (Å²) in [5.41, 5.74) is 6.73. The fraction of sp³-hybridized carbons (Fsp3) is 0.333. The van der Waals surface area contributed by atoms with E-state index in [0.29, 0.717) is 28.5 Å². The second-order valence-electron chi connectivity index (χ2n) is 5.46. The van der Waals surface area contributed by atoms with Crippen LogP contribution in [0.4, 0.5) is 5.00 Å². The summed E-state index contributed by atoms with van der Waals surface area (Å²) >= 11 is 1.34. The van der Waals surface area contributed by atoms with Crippen LogP contribution in [0.1, 0.15) is 34.6 Å². The lowest BCUT2D eigenvalue weighted by Gasteiger charge is -2.16. The van der Waals surface area contributed by atoms with Crippen LogP contribution in [0.3, 0.4) is 0 Å². The van der Waals surface area contributed by atoms with E-state index in [-0.39, 0.29) is 5.91 Å². The summed E-state index contributed by atoms with van der Waals surface area (Å²) in [6, 6.07) is 7.09. The number of para-hydroxylation sites is 2. The first-order chi connectivity index (χ1) is 11.9. The van der Waals surface area contributed by atoms with Crippen LogP contribution in [-0.4, -0.2) is 25.0 Å². The Morgan fingerprint density at radius 2 is 1.92 bits per heavy atom. The van der Waals surface area contributed by atoms with Crippen LogP contribution in [-0.2, 0) is 11.2 Å². The molecular formula is C18H22N2O4S. The number of rotatable bonds is 7. The SMILES string of the molecule is CCc1c(C)sc(NC(=O)C(C)Oc2ccccc2OC)c1C(N)=O. The molecule has 0 aliphatic heterocycles. The summed E-state index contributed by atoms with van der Waals surface area (Å²) in [4.78, 5) is 25.2. The molecule has 0 aliphatic carbocycles. The molecule has 1 atom stereocenters. The molecule has 3 N–H and O–H groups in total. The third kappa shape index (κ3) is 4.11.